The normalized spacial score (nSPS) is 12.7. The van der Waals surface area contributed by atoms with Gasteiger partial charge in [0.25, 0.3) is 0 Å². The van der Waals surface area contributed by atoms with E-state index in [0.717, 1.165) is 13.1 Å². The maximum Gasteiger partial charge on any atom is 0.402 e. The standard InChI is InChI=1S/C10H10ClF3N2O2S2/c1-16(5-10(12,13)14)20(17,18)8-4-6(9(15)19)2-3-7(8)11/h2-4H,5H2,1H3,(H2,15,19). The first kappa shape index (κ1) is 17.2. The van der Waals surface area contributed by atoms with E-state index in [2.05, 4.69) is 12.2 Å². The van der Waals surface area contributed by atoms with Gasteiger partial charge in [-0.2, -0.15) is 17.5 Å². The van der Waals surface area contributed by atoms with E-state index in [9.17, 15) is 21.6 Å². The molecule has 112 valence electrons. The maximum absolute atomic E-state index is 12.3. The highest BCUT2D eigenvalue weighted by Gasteiger charge is 2.35. The van der Waals surface area contributed by atoms with Crippen LogP contribution in [0.1, 0.15) is 5.56 Å². The molecule has 2 N–H and O–H groups in total. The number of alkyl halides is 3. The Balaban J connectivity index is 3.28. The zero-order valence-corrected chi connectivity index (χ0v) is 12.5. The highest BCUT2D eigenvalue weighted by atomic mass is 35.5. The SMILES string of the molecule is CN(CC(F)(F)F)S(=O)(=O)c1cc(C(N)=S)ccc1Cl. The molecule has 0 saturated carbocycles. The Morgan fingerprint density at radius 3 is 2.45 bits per heavy atom. The summed E-state index contributed by atoms with van der Waals surface area (Å²) in [5.41, 5.74) is 5.55. The van der Waals surface area contributed by atoms with Gasteiger partial charge in [-0.05, 0) is 12.1 Å². The van der Waals surface area contributed by atoms with E-state index in [1.54, 1.807) is 0 Å². The van der Waals surface area contributed by atoms with E-state index >= 15 is 0 Å². The molecule has 0 atom stereocenters. The number of hydrogen-bond donors (Lipinski definition) is 1. The van der Waals surface area contributed by atoms with Gasteiger partial charge < -0.3 is 5.73 Å². The monoisotopic (exact) mass is 346 g/mol. The average molecular weight is 347 g/mol. The van der Waals surface area contributed by atoms with Crippen LogP contribution in [0.5, 0.6) is 0 Å². The molecule has 0 aliphatic rings. The maximum atomic E-state index is 12.3. The summed E-state index contributed by atoms with van der Waals surface area (Å²) in [6.45, 7) is -1.62. The van der Waals surface area contributed by atoms with Gasteiger partial charge in [-0.15, -0.1) is 0 Å². The van der Waals surface area contributed by atoms with Crippen molar-refractivity contribution in [3.8, 4) is 0 Å². The first-order chi connectivity index (χ1) is 8.95. The van der Waals surface area contributed by atoms with Crippen LogP contribution in [-0.2, 0) is 10.0 Å². The molecule has 0 aliphatic carbocycles. The van der Waals surface area contributed by atoms with Gasteiger partial charge in [0.2, 0.25) is 10.0 Å². The fourth-order valence-electron chi connectivity index (χ4n) is 1.36. The largest absolute Gasteiger partial charge is 0.402 e. The average Bonchev–Trinajstić information content (AvgIpc) is 2.26. The molecule has 0 aromatic heterocycles. The van der Waals surface area contributed by atoms with Gasteiger partial charge in [0.15, 0.2) is 0 Å². The number of thiocarbonyl (C=S) groups is 1. The minimum atomic E-state index is -4.66. The molecular formula is C10H10ClF3N2O2S2. The van der Waals surface area contributed by atoms with Crippen LogP contribution in [0.25, 0.3) is 0 Å². The Labute approximate surface area is 124 Å². The summed E-state index contributed by atoms with van der Waals surface area (Å²) in [4.78, 5) is -0.562. The molecule has 0 spiro atoms. The van der Waals surface area contributed by atoms with Crippen LogP contribution in [0, 0.1) is 0 Å². The number of hydrogen-bond acceptors (Lipinski definition) is 3. The molecule has 0 aliphatic heterocycles. The molecule has 0 amide bonds. The number of benzene rings is 1. The Morgan fingerprint density at radius 1 is 1.45 bits per heavy atom. The van der Waals surface area contributed by atoms with Crippen molar-refractivity contribution in [3.63, 3.8) is 0 Å². The van der Waals surface area contributed by atoms with Crippen molar-refractivity contribution in [1.82, 2.24) is 4.31 Å². The van der Waals surface area contributed by atoms with E-state index in [-0.39, 0.29) is 19.9 Å². The molecule has 0 unspecified atom stereocenters. The fourth-order valence-corrected chi connectivity index (χ4v) is 3.14. The van der Waals surface area contributed by atoms with Crippen LogP contribution in [-0.4, -0.2) is 37.5 Å². The lowest BCUT2D eigenvalue weighted by atomic mass is 10.2. The molecule has 0 radical (unpaired) electrons. The second-order valence-electron chi connectivity index (χ2n) is 3.89. The lowest BCUT2D eigenvalue weighted by Gasteiger charge is -2.19. The van der Waals surface area contributed by atoms with Gasteiger partial charge in [-0.1, -0.05) is 29.9 Å². The Bertz CT molecular complexity index is 632. The molecular weight excluding hydrogens is 337 g/mol. The summed E-state index contributed by atoms with van der Waals surface area (Å²) in [5, 5.41) is -0.209. The zero-order valence-electron chi connectivity index (χ0n) is 10.1. The van der Waals surface area contributed by atoms with Gasteiger partial charge in [0.05, 0.1) is 5.02 Å². The lowest BCUT2D eigenvalue weighted by Crippen LogP contribution is -2.36. The van der Waals surface area contributed by atoms with E-state index in [4.69, 9.17) is 17.3 Å². The summed E-state index contributed by atoms with van der Waals surface area (Å²) in [6.07, 6.45) is -4.66. The number of nitrogens with zero attached hydrogens (tertiary/aromatic N) is 1. The van der Waals surface area contributed by atoms with Crippen molar-refractivity contribution >= 4 is 38.8 Å². The summed E-state index contributed by atoms with van der Waals surface area (Å²) in [6, 6.07) is 3.64. The van der Waals surface area contributed by atoms with Crippen LogP contribution >= 0.6 is 23.8 Å². The van der Waals surface area contributed by atoms with Crippen molar-refractivity contribution in [2.24, 2.45) is 5.73 Å². The van der Waals surface area contributed by atoms with E-state index < -0.39 is 27.6 Å². The van der Waals surface area contributed by atoms with Gasteiger partial charge in [-0.3, -0.25) is 0 Å². The van der Waals surface area contributed by atoms with Gasteiger partial charge >= 0.3 is 6.18 Å². The van der Waals surface area contributed by atoms with Crippen LogP contribution in [0.4, 0.5) is 13.2 Å². The summed E-state index contributed by atoms with van der Waals surface area (Å²) in [5.74, 6) is 0. The number of halogens is 4. The lowest BCUT2D eigenvalue weighted by molar-refractivity contribution is -0.134. The van der Waals surface area contributed by atoms with Gasteiger partial charge in [0.1, 0.15) is 16.4 Å². The van der Waals surface area contributed by atoms with Gasteiger partial charge in [-0.25, -0.2) is 8.42 Å². The van der Waals surface area contributed by atoms with Crippen LogP contribution in [0.3, 0.4) is 0 Å². The van der Waals surface area contributed by atoms with Crippen molar-refractivity contribution in [2.45, 2.75) is 11.1 Å². The molecule has 0 bridgehead atoms. The van der Waals surface area contributed by atoms with E-state index in [1.165, 1.54) is 12.1 Å². The summed E-state index contributed by atoms with van der Waals surface area (Å²) in [7, 11) is -3.58. The van der Waals surface area contributed by atoms with Crippen molar-refractivity contribution in [3.05, 3.63) is 28.8 Å². The fraction of sp³-hybridized carbons (Fsp3) is 0.300. The molecule has 0 saturated heterocycles. The highest BCUT2D eigenvalue weighted by Crippen LogP contribution is 2.27. The molecule has 20 heavy (non-hydrogen) atoms. The van der Waals surface area contributed by atoms with Crippen molar-refractivity contribution < 1.29 is 21.6 Å². The number of nitrogens with two attached hydrogens (primary N) is 1. The molecule has 0 heterocycles. The van der Waals surface area contributed by atoms with E-state index in [0.29, 0.717) is 0 Å². The predicted molar refractivity (Wildman–Crippen MR) is 73.2 cm³/mol. The third kappa shape index (κ3) is 4.05. The number of rotatable bonds is 4. The van der Waals surface area contributed by atoms with E-state index in [1.807, 2.05) is 0 Å². The second kappa shape index (κ2) is 5.84. The Hall–Kier alpha value is -0.900. The molecule has 4 nitrogen and oxygen atoms in total. The summed E-state index contributed by atoms with van der Waals surface area (Å²) >= 11 is 10.4. The second-order valence-corrected chi connectivity index (χ2v) is 6.75. The first-order valence-electron chi connectivity index (χ1n) is 5.07. The molecule has 1 rings (SSSR count). The molecule has 0 fully saturated rings. The smallest absolute Gasteiger partial charge is 0.389 e. The van der Waals surface area contributed by atoms with Crippen LogP contribution in [0.15, 0.2) is 23.1 Å². The topological polar surface area (TPSA) is 63.4 Å². The predicted octanol–water partition coefficient (Wildman–Crippen LogP) is 2.16. The summed E-state index contributed by atoms with van der Waals surface area (Å²) < 4.78 is 61.1. The van der Waals surface area contributed by atoms with Crippen LogP contribution in [0.2, 0.25) is 5.02 Å². The van der Waals surface area contributed by atoms with Crippen molar-refractivity contribution in [1.29, 1.82) is 0 Å². The molecule has 1 aromatic carbocycles. The quantitative estimate of drug-likeness (QED) is 0.849. The third-order valence-electron chi connectivity index (χ3n) is 2.31. The molecule has 10 heteroatoms. The third-order valence-corrected chi connectivity index (χ3v) is 4.83. The zero-order chi connectivity index (χ0) is 15.7. The minimum absolute atomic E-state index is 0.0865. The Kier molecular flexibility index (Phi) is 5.01. The first-order valence-corrected chi connectivity index (χ1v) is 7.30. The van der Waals surface area contributed by atoms with Crippen molar-refractivity contribution in [2.75, 3.05) is 13.6 Å². The van der Waals surface area contributed by atoms with Crippen LogP contribution < -0.4 is 5.73 Å². The Morgan fingerprint density at radius 2 is 2.00 bits per heavy atom. The minimum Gasteiger partial charge on any atom is -0.389 e. The number of sulfonamides is 1. The highest BCUT2D eigenvalue weighted by molar-refractivity contribution is 7.89. The molecule has 1 aromatic rings. The van der Waals surface area contributed by atoms with Gasteiger partial charge in [0, 0.05) is 12.6 Å².